The number of para-hydroxylation sites is 1. The molecule has 2 aromatic rings. The largest absolute Gasteiger partial charge is 0.481 e. The molecule has 2 aromatic carbocycles. The Morgan fingerprint density at radius 3 is 2.41 bits per heavy atom. The summed E-state index contributed by atoms with van der Waals surface area (Å²) in [6.07, 6.45) is 1.09. The number of carbonyl (C=O) groups is 2. The molecule has 2 amide bonds. The average Bonchev–Trinajstić information content (AvgIpc) is 2.83. The van der Waals surface area contributed by atoms with Crippen molar-refractivity contribution < 1.29 is 14.3 Å². The molecule has 1 aliphatic rings. The highest BCUT2D eigenvalue weighted by Gasteiger charge is 2.31. The molecule has 0 aromatic heterocycles. The van der Waals surface area contributed by atoms with Crippen LogP contribution < -0.4 is 15.8 Å². The molecule has 0 aliphatic carbocycles. The third-order valence-electron chi connectivity index (χ3n) is 6.81. The van der Waals surface area contributed by atoms with Crippen LogP contribution in [-0.2, 0) is 9.59 Å². The van der Waals surface area contributed by atoms with E-state index in [2.05, 4.69) is 10.2 Å². The van der Waals surface area contributed by atoms with E-state index in [1.54, 1.807) is 0 Å². The zero-order valence-electron chi connectivity index (χ0n) is 21.1. The van der Waals surface area contributed by atoms with Crippen LogP contribution in [-0.4, -0.2) is 59.9 Å². The summed E-state index contributed by atoms with van der Waals surface area (Å²) in [6.45, 7) is 12.3. The standard InChI is InChI=1S/C27H38N4O3/c1-6-31(27(33)21(5)34-24-16-18(2)26(28)20(4)19(24)3)23-12-14-30(15-13-23)17-25(32)29-22-10-8-7-9-11-22/h7-11,16,21,23H,6,12-15,17,28H2,1-5H3,(H,29,32). The number of nitrogen functional groups attached to an aromatic ring is 1. The summed E-state index contributed by atoms with van der Waals surface area (Å²) in [5, 5.41) is 2.94. The van der Waals surface area contributed by atoms with Gasteiger partial charge in [0, 0.05) is 37.1 Å². The highest BCUT2D eigenvalue weighted by atomic mass is 16.5. The van der Waals surface area contributed by atoms with E-state index in [1.165, 1.54) is 0 Å². The van der Waals surface area contributed by atoms with Gasteiger partial charge in [0.1, 0.15) is 5.75 Å². The van der Waals surface area contributed by atoms with Gasteiger partial charge in [0.2, 0.25) is 5.91 Å². The van der Waals surface area contributed by atoms with Gasteiger partial charge in [-0.3, -0.25) is 14.5 Å². The van der Waals surface area contributed by atoms with Gasteiger partial charge in [-0.2, -0.15) is 0 Å². The smallest absolute Gasteiger partial charge is 0.263 e. The summed E-state index contributed by atoms with van der Waals surface area (Å²) < 4.78 is 6.12. The van der Waals surface area contributed by atoms with Gasteiger partial charge in [0.05, 0.1) is 6.54 Å². The second-order valence-electron chi connectivity index (χ2n) is 9.16. The summed E-state index contributed by atoms with van der Waals surface area (Å²) in [6, 6.07) is 11.5. The molecule has 1 saturated heterocycles. The van der Waals surface area contributed by atoms with Crippen molar-refractivity contribution in [1.82, 2.24) is 9.80 Å². The fourth-order valence-corrected chi connectivity index (χ4v) is 4.57. The van der Waals surface area contributed by atoms with Crippen LogP contribution in [0.2, 0.25) is 0 Å². The number of hydrogen-bond acceptors (Lipinski definition) is 5. The van der Waals surface area contributed by atoms with Crippen molar-refractivity contribution in [3.05, 3.63) is 53.1 Å². The molecule has 3 N–H and O–H groups in total. The number of likely N-dealkylation sites (N-methyl/N-ethyl adjacent to an activating group) is 1. The number of rotatable bonds is 8. The van der Waals surface area contributed by atoms with E-state index >= 15 is 0 Å². The Bertz CT molecular complexity index is 1000. The number of aryl methyl sites for hydroxylation is 1. The van der Waals surface area contributed by atoms with Gasteiger partial charge in [0.25, 0.3) is 5.91 Å². The molecule has 1 heterocycles. The van der Waals surface area contributed by atoms with Gasteiger partial charge in [0.15, 0.2) is 6.10 Å². The highest BCUT2D eigenvalue weighted by molar-refractivity contribution is 5.92. The van der Waals surface area contributed by atoms with Crippen molar-refractivity contribution in [3.8, 4) is 5.75 Å². The molecular weight excluding hydrogens is 428 g/mol. The van der Waals surface area contributed by atoms with Crippen molar-refractivity contribution in [3.63, 3.8) is 0 Å². The molecule has 1 atom stereocenters. The minimum Gasteiger partial charge on any atom is -0.481 e. The number of ether oxygens (including phenoxy) is 1. The average molecular weight is 467 g/mol. The van der Waals surface area contributed by atoms with Gasteiger partial charge in [-0.25, -0.2) is 0 Å². The van der Waals surface area contributed by atoms with E-state index in [0.717, 1.165) is 54.0 Å². The molecule has 0 saturated carbocycles. The molecule has 7 heteroatoms. The molecular formula is C27H38N4O3. The number of amides is 2. The number of nitrogens with one attached hydrogen (secondary N) is 1. The van der Waals surface area contributed by atoms with Crippen molar-refractivity contribution in [2.24, 2.45) is 0 Å². The quantitative estimate of drug-likeness (QED) is 0.576. The van der Waals surface area contributed by atoms with E-state index in [4.69, 9.17) is 10.5 Å². The summed E-state index contributed by atoms with van der Waals surface area (Å²) in [7, 11) is 0. The van der Waals surface area contributed by atoms with E-state index in [-0.39, 0.29) is 17.9 Å². The van der Waals surface area contributed by atoms with Crippen LogP contribution in [0.1, 0.15) is 43.4 Å². The van der Waals surface area contributed by atoms with Crippen LogP contribution in [0.4, 0.5) is 11.4 Å². The molecule has 1 unspecified atom stereocenters. The third kappa shape index (κ3) is 6.08. The normalized spacial score (nSPS) is 15.6. The van der Waals surface area contributed by atoms with Gasteiger partial charge < -0.3 is 20.7 Å². The molecule has 1 aliphatic heterocycles. The lowest BCUT2D eigenvalue weighted by atomic mass is 10.0. The predicted octanol–water partition coefficient (Wildman–Crippen LogP) is 3.91. The first-order valence-electron chi connectivity index (χ1n) is 12.1. The van der Waals surface area contributed by atoms with Crippen LogP contribution in [0.5, 0.6) is 5.75 Å². The fourth-order valence-electron chi connectivity index (χ4n) is 4.57. The molecule has 34 heavy (non-hydrogen) atoms. The van der Waals surface area contributed by atoms with E-state index in [0.29, 0.717) is 18.8 Å². The summed E-state index contributed by atoms with van der Waals surface area (Å²) in [5.74, 6) is 0.689. The number of anilines is 2. The summed E-state index contributed by atoms with van der Waals surface area (Å²) in [4.78, 5) is 29.7. The van der Waals surface area contributed by atoms with E-state index in [1.807, 2.05) is 75.9 Å². The Hall–Kier alpha value is -3.06. The molecule has 1 fully saturated rings. The number of nitrogens with zero attached hydrogens (tertiary/aromatic N) is 2. The lowest BCUT2D eigenvalue weighted by molar-refractivity contribution is -0.141. The topological polar surface area (TPSA) is 87.9 Å². The number of piperidine rings is 1. The minimum atomic E-state index is -0.587. The highest BCUT2D eigenvalue weighted by Crippen LogP contribution is 2.30. The second kappa shape index (κ2) is 11.4. The maximum atomic E-state index is 13.3. The molecule has 7 nitrogen and oxygen atoms in total. The lowest BCUT2D eigenvalue weighted by Gasteiger charge is -2.38. The number of benzene rings is 2. The van der Waals surface area contributed by atoms with Crippen LogP contribution >= 0.6 is 0 Å². The zero-order chi connectivity index (χ0) is 24.8. The van der Waals surface area contributed by atoms with Gasteiger partial charge in [-0.05, 0) is 82.3 Å². The Kier molecular flexibility index (Phi) is 8.56. The zero-order valence-corrected chi connectivity index (χ0v) is 21.1. The number of carbonyl (C=O) groups excluding carboxylic acids is 2. The van der Waals surface area contributed by atoms with Crippen LogP contribution in [0, 0.1) is 20.8 Å². The molecule has 184 valence electrons. The fraction of sp³-hybridized carbons (Fsp3) is 0.481. The van der Waals surface area contributed by atoms with Gasteiger partial charge in [-0.15, -0.1) is 0 Å². The second-order valence-corrected chi connectivity index (χ2v) is 9.16. The first-order chi connectivity index (χ1) is 16.2. The van der Waals surface area contributed by atoms with E-state index < -0.39 is 6.10 Å². The van der Waals surface area contributed by atoms with Crippen molar-refractivity contribution in [1.29, 1.82) is 0 Å². The predicted molar refractivity (Wildman–Crippen MR) is 137 cm³/mol. The number of hydrogen-bond donors (Lipinski definition) is 2. The first-order valence-corrected chi connectivity index (χ1v) is 12.1. The SMILES string of the molecule is CCN(C(=O)C(C)Oc1cc(C)c(N)c(C)c1C)C1CCN(CC(=O)Nc2ccccc2)CC1. The van der Waals surface area contributed by atoms with Crippen molar-refractivity contribution in [2.45, 2.75) is 59.6 Å². The monoisotopic (exact) mass is 466 g/mol. The number of likely N-dealkylation sites (tertiary alicyclic amines) is 1. The summed E-state index contributed by atoms with van der Waals surface area (Å²) in [5.41, 5.74) is 10.6. The molecule has 0 spiro atoms. The molecule has 0 bridgehead atoms. The minimum absolute atomic E-state index is 0.00528. The number of nitrogens with two attached hydrogens (primary N) is 1. The van der Waals surface area contributed by atoms with Crippen molar-refractivity contribution in [2.75, 3.05) is 37.2 Å². The Labute approximate surface area is 203 Å². The first kappa shape index (κ1) is 25.6. The maximum absolute atomic E-state index is 13.3. The maximum Gasteiger partial charge on any atom is 0.263 e. The lowest BCUT2D eigenvalue weighted by Crippen LogP contribution is -2.51. The van der Waals surface area contributed by atoms with Gasteiger partial charge >= 0.3 is 0 Å². The summed E-state index contributed by atoms with van der Waals surface area (Å²) >= 11 is 0. The third-order valence-corrected chi connectivity index (χ3v) is 6.81. The Balaban J connectivity index is 1.54. The van der Waals surface area contributed by atoms with E-state index in [9.17, 15) is 9.59 Å². The van der Waals surface area contributed by atoms with Crippen LogP contribution in [0.3, 0.4) is 0 Å². The Morgan fingerprint density at radius 1 is 1.15 bits per heavy atom. The van der Waals surface area contributed by atoms with Crippen LogP contribution in [0.25, 0.3) is 0 Å². The van der Waals surface area contributed by atoms with Crippen molar-refractivity contribution >= 4 is 23.2 Å². The van der Waals surface area contributed by atoms with Crippen LogP contribution in [0.15, 0.2) is 36.4 Å². The Morgan fingerprint density at radius 2 is 1.79 bits per heavy atom. The molecule has 0 radical (unpaired) electrons. The van der Waals surface area contributed by atoms with Gasteiger partial charge in [-0.1, -0.05) is 18.2 Å². The molecule has 3 rings (SSSR count).